The summed E-state index contributed by atoms with van der Waals surface area (Å²) in [6.07, 6.45) is 17.9. The lowest BCUT2D eigenvalue weighted by Crippen LogP contribution is -2.36. The second kappa shape index (κ2) is 12.8. The van der Waals surface area contributed by atoms with Gasteiger partial charge in [0.1, 0.15) is 6.10 Å². The van der Waals surface area contributed by atoms with Crippen LogP contribution in [0.2, 0.25) is 0 Å². The van der Waals surface area contributed by atoms with Crippen LogP contribution in [0.4, 0.5) is 4.79 Å². The highest BCUT2D eigenvalue weighted by atomic mass is 16.6. The molecule has 1 aliphatic carbocycles. The maximum absolute atomic E-state index is 12.1. The van der Waals surface area contributed by atoms with Crippen LogP contribution in [0.25, 0.3) is 0 Å². The molecule has 180 valence electrons. The van der Waals surface area contributed by atoms with Crippen molar-refractivity contribution in [3.8, 4) is 0 Å². The number of ether oxygens (including phenoxy) is 2. The first kappa shape index (κ1) is 26.2. The zero-order valence-corrected chi connectivity index (χ0v) is 20.5. The number of rotatable bonds is 8. The van der Waals surface area contributed by atoms with Crippen molar-refractivity contribution < 1.29 is 19.1 Å². The van der Waals surface area contributed by atoms with E-state index in [1.807, 2.05) is 0 Å². The van der Waals surface area contributed by atoms with Crippen molar-refractivity contribution in [1.29, 1.82) is 0 Å². The fourth-order valence-corrected chi connectivity index (χ4v) is 4.35. The highest BCUT2D eigenvalue weighted by Gasteiger charge is 2.27. The molecule has 0 radical (unpaired) electrons. The van der Waals surface area contributed by atoms with Gasteiger partial charge in [0.05, 0.1) is 11.7 Å². The normalized spacial score (nSPS) is 27.3. The van der Waals surface area contributed by atoms with Crippen LogP contribution in [0.3, 0.4) is 0 Å². The molecule has 0 spiro atoms. The zero-order chi connectivity index (χ0) is 23.6. The summed E-state index contributed by atoms with van der Waals surface area (Å²) in [6.45, 7) is 8.23. The van der Waals surface area contributed by atoms with Gasteiger partial charge < -0.3 is 20.1 Å². The second-order valence-electron chi connectivity index (χ2n) is 9.80. The minimum atomic E-state index is -0.507. The Morgan fingerprint density at radius 2 is 1.88 bits per heavy atom. The van der Waals surface area contributed by atoms with Gasteiger partial charge in [0, 0.05) is 19.2 Å². The number of carbonyl (C=O) groups excluding carboxylic acids is 2. The van der Waals surface area contributed by atoms with Gasteiger partial charge in [-0.05, 0) is 91.1 Å². The van der Waals surface area contributed by atoms with E-state index in [2.05, 4.69) is 49.6 Å². The van der Waals surface area contributed by atoms with Crippen LogP contribution < -0.4 is 10.6 Å². The fourth-order valence-electron chi connectivity index (χ4n) is 4.35. The molecular formula is C26H42N2O4. The van der Waals surface area contributed by atoms with Crippen LogP contribution >= 0.6 is 0 Å². The van der Waals surface area contributed by atoms with Gasteiger partial charge in [-0.3, -0.25) is 4.79 Å². The summed E-state index contributed by atoms with van der Waals surface area (Å²) in [5.74, 6) is 0.544. The Morgan fingerprint density at radius 1 is 1.16 bits per heavy atom. The van der Waals surface area contributed by atoms with E-state index >= 15 is 0 Å². The molecule has 2 atom stereocenters. The largest absolute Gasteiger partial charge is 0.442 e. The minimum absolute atomic E-state index is 0.00761. The lowest BCUT2D eigenvalue weighted by molar-refractivity contribution is -0.117. The van der Waals surface area contributed by atoms with E-state index in [0.717, 1.165) is 44.9 Å². The summed E-state index contributed by atoms with van der Waals surface area (Å²) >= 11 is 0. The van der Waals surface area contributed by atoms with Crippen molar-refractivity contribution >= 4 is 12.0 Å². The number of alkyl carbamates (subject to hydrolysis) is 1. The molecule has 6 nitrogen and oxygen atoms in total. The first-order valence-corrected chi connectivity index (χ1v) is 12.1. The lowest BCUT2D eigenvalue weighted by Gasteiger charge is -2.34. The molecule has 2 unspecified atom stereocenters. The van der Waals surface area contributed by atoms with Gasteiger partial charge in [-0.2, -0.15) is 0 Å². The Balaban J connectivity index is 1.67. The molecule has 2 fully saturated rings. The Morgan fingerprint density at radius 3 is 2.53 bits per heavy atom. The standard InChI is InChI=1S/C26H42N2O4/c1-19(9-16-23-7-6-18-26(3,4)32-23)8-11-21-12-14-22(15-13-21)28-24(29)17-10-20(2)31-25(30)27-5/h8-10,16-17,20-23H,6-7,11-15,18H2,1-5H3,(H,27,30)(H,28,29). The van der Waals surface area contributed by atoms with E-state index in [1.54, 1.807) is 13.0 Å². The van der Waals surface area contributed by atoms with Gasteiger partial charge in [-0.15, -0.1) is 0 Å². The van der Waals surface area contributed by atoms with Crippen LogP contribution in [0.1, 0.15) is 79.1 Å². The predicted molar refractivity (Wildman–Crippen MR) is 128 cm³/mol. The average Bonchev–Trinajstić information content (AvgIpc) is 2.75. The monoisotopic (exact) mass is 446 g/mol. The van der Waals surface area contributed by atoms with Crippen LogP contribution in [-0.4, -0.2) is 42.9 Å². The molecule has 1 saturated carbocycles. The summed E-state index contributed by atoms with van der Waals surface area (Å²) in [5, 5.41) is 5.45. The molecular weight excluding hydrogens is 404 g/mol. The van der Waals surface area contributed by atoms with Crippen molar-refractivity contribution in [2.45, 2.75) is 103 Å². The summed E-state index contributed by atoms with van der Waals surface area (Å²) in [4.78, 5) is 23.3. The third-order valence-corrected chi connectivity index (χ3v) is 6.29. The molecule has 2 aliphatic rings. The van der Waals surface area contributed by atoms with E-state index < -0.39 is 12.2 Å². The summed E-state index contributed by atoms with van der Waals surface area (Å²) < 4.78 is 11.2. The Bertz CT molecular complexity index is 703. The number of amides is 2. The Hall–Kier alpha value is -2.08. The SMILES string of the molecule is CNC(=O)OC(C)C=CC(=O)NC1CCC(CC=C(C)C=CC2CCCC(C)(C)O2)CC1. The molecule has 0 aromatic heterocycles. The van der Waals surface area contributed by atoms with E-state index in [4.69, 9.17) is 9.47 Å². The van der Waals surface area contributed by atoms with Crippen LogP contribution in [0, 0.1) is 5.92 Å². The number of nitrogens with one attached hydrogen (secondary N) is 2. The average molecular weight is 447 g/mol. The summed E-state index contributed by atoms with van der Waals surface area (Å²) in [5.41, 5.74) is 1.29. The molecule has 6 heteroatoms. The molecule has 0 aromatic rings. The number of hydrogen-bond acceptors (Lipinski definition) is 4. The molecule has 2 amide bonds. The van der Waals surface area contributed by atoms with Crippen LogP contribution in [-0.2, 0) is 14.3 Å². The second-order valence-corrected chi connectivity index (χ2v) is 9.80. The van der Waals surface area contributed by atoms with Gasteiger partial charge in [0.25, 0.3) is 0 Å². The molecule has 2 N–H and O–H groups in total. The summed E-state index contributed by atoms with van der Waals surface area (Å²) in [6, 6.07) is 0.218. The van der Waals surface area contributed by atoms with Crippen molar-refractivity contribution in [2.75, 3.05) is 7.05 Å². The van der Waals surface area contributed by atoms with Crippen LogP contribution in [0.15, 0.2) is 36.0 Å². The smallest absolute Gasteiger partial charge is 0.407 e. The van der Waals surface area contributed by atoms with Crippen molar-refractivity contribution in [2.24, 2.45) is 5.92 Å². The van der Waals surface area contributed by atoms with E-state index in [-0.39, 0.29) is 23.7 Å². The molecule has 1 aliphatic heterocycles. The third kappa shape index (κ3) is 10.0. The maximum Gasteiger partial charge on any atom is 0.407 e. The molecule has 1 heterocycles. The van der Waals surface area contributed by atoms with Gasteiger partial charge in [0.15, 0.2) is 0 Å². The maximum atomic E-state index is 12.1. The molecule has 32 heavy (non-hydrogen) atoms. The topological polar surface area (TPSA) is 76.7 Å². The van der Waals surface area contributed by atoms with Gasteiger partial charge in [0.2, 0.25) is 5.91 Å². The third-order valence-electron chi connectivity index (χ3n) is 6.29. The van der Waals surface area contributed by atoms with Crippen molar-refractivity contribution in [3.63, 3.8) is 0 Å². The first-order valence-electron chi connectivity index (χ1n) is 12.1. The zero-order valence-electron chi connectivity index (χ0n) is 20.5. The van der Waals surface area contributed by atoms with E-state index in [0.29, 0.717) is 5.92 Å². The molecule has 0 aromatic carbocycles. The molecule has 2 rings (SSSR count). The Labute approximate surface area is 193 Å². The lowest BCUT2D eigenvalue weighted by atomic mass is 9.83. The highest BCUT2D eigenvalue weighted by molar-refractivity contribution is 5.87. The Kier molecular flexibility index (Phi) is 10.5. The highest BCUT2D eigenvalue weighted by Crippen LogP contribution is 2.29. The summed E-state index contributed by atoms with van der Waals surface area (Å²) in [7, 11) is 1.50. The number of allylic oxidation sites excluding steroid dienone is 3. The minimum Gasteiger partial charge on any atom is -0.442 e. The van der Waals surface area contributed by atoms with Gasteiger partial charge >= 0.3 is 6.09 Å². The van der Waals surface area contributed by atoms with Crippen molar-refractivity contribution in [1.82, 2.24) is 10.6 Å². The van der Waals surface area contributed by atoms with Crippen LogP contribution in [0.5, 0.6) is 0 Å². The quantitative estimate of drug-likeness (QED) is 0.397. The number of carbonyl (C=O) groups is 2. The van der Waals surface area contributed by atoms with E-state index in [1.165, 1.54) is 25.1 Å². The molecule has 1 saturated heterocycles. The van der Waals surface area contributed by atoms with Gasteiger partial charge in [-0.25, -0.2) is 4.79 Å². The number of hydrogen-bond donors (Lipinski definition) is 2. The fraction of sp³-hybridized carbons (Fsp3) is 0.692. The van der Waals surface area contributed by atoms with Crippen molar-refractivity contribution in [3.05, 3.63) is 36.0 Å². The predicted octanol–water partition coefficient (Wildman–Crippen LogP) is 5.20. The molecule has 0 bridgehead atoms. The van der Waals surface area contributed by atoms with Gasteiger partial charge in [-0.1, -0.05) is 23.8 Å². The first-order chi connectivity index (χ1) is 15.2. The van der Waals surface area contributed by atoms with E-state index in [9.17, 15) is 9.59 Å².